The molecule has 1 aromatic rings. The number of sulfonamides is 1. The fraction of sp³-hybridized carbons (Fsp3) is 0.562. The van der Waals surface area contributed by atoms with E-state index in [4.69, 9.17) is 5.26 Å². The third-order valence-electron chi connectivity index (χ3n) is 3.50. The molecule has 1 rings (SSSR count). The Labute approximate surface area is 137 Å². The Balaban J connectivity index is 3.27. The predicted octanol–water partition coefficient (Wildman–Crippen LogP) is 2.47. The topological polar surface area (TPSA) is 90.2 Å². The molecular weight excluding hydrogens is 319 g/mol. The van der Waals surface area contributed by atoms with E-state index in [-0.39, 0.29) is 18.1 Å². The van der Waals surface area contributed by atoms with Crippen LogP contribution in [0.3, 0.4) is 0 Å². The summed E-state index contributed by atoms with van der Waals surface area (Å²) in [5.41, 5.74) is 0.492. The zero-order valence-electron chi connectivity index (χ0n) is 13.8. The smallest absolute Gasteiger partial charge is 0.217 e. The van der Waals surface area contributed by atoms with Crippen LogP contribution in [0, 0.1) is 23.1 Å². The van der Waals surface area contributed by atoms with Gasteiger partial charge in [-0.15, -0.1) is 0 Å². The third kappa shape index (κ3) is 5.27. The number of nitriles is 1. The molecule has 0 aliphatic heterocycles. The van der Waals surface area contributed by atoms with Crippen LogP contribution in [0.5, 0.6) is 0 Å². The lowest BCUT2D eigenvalue weighted by Crippen LogP contribution is -2.41. The van der Waals surface area contributed by atoms with Crippen molar-refractivity contribution in [3.8, 4) is 6.07 Å². The van der Waals surface area contributed by atoms with Gasteiger partial charge in [0.25, 0.3) is 0 Å². The van der Waals surface area contributed by atoms with Gasteiger partial charge in [-0.25, -0.2) is 17.5 Å². The fourth-order valence-electron chi connectivity index (χ4n) is 1.97. The van der Waals surface area contributed by atoms with Crippen molar-refractivity contribution in [2.24, 2.45) is 5.92 Å². The van der Waals surface area contributed by atoms with Crippen LogP contribution in [0.2, 0.25) is 0 Å². The van der Waals surface area contributed by atoms with E-state index in [0.717, 1.165) is 6.07 Å². The molecule has 1 aromatic carbocycles. The predicted molar refractivity (Wildman–Crippen MR) is 86.5 cm³/mol. The first-order chi connectivity index (χ1) is 10.5. The Kier molecular flexibility index (Phi) is 6.28. The van der Waals surface area contributed by atoms with Crippen LogP contribution in [-0.4, -0.2) is 24.9 Å². The summed E-state index contributed by atoms with van der Waals surface area (Å²) in [6, 6.07) is 4.90. The van der Waals surface area contributed by atoms with Crippen molar-refractivity contribution >= 4 is 10.0 Å². The summed E-state index contributed by atoms with van der Waals surface area (Å²) < 4.78 is 40.1. The highest BCUT2D eigenvalue weighted by atomic mass is 32.2. The monoisotopic (exact) mass is 342 g/mol. The molecule has 2 N–H and O–H groups in total. The van der Waals surface area contributed by atoms with Crippen molar-refractivity contribution in [1.82, 2.24) is 4.72 Å². The summed E-state index contributed by atoms with van der Waals surface area (Å²) in [6.07, 6.45) is 0.292. The summed E-state index contributed by atoms with van der Waals surface area (Å²) in [4.78, 5) is 0. The van der Waals surface area contributed by atoms with E-state index in [1.54, 1.807) is 27.7 Å². The molecule has 128 valence electrons. The van der Waals surface area contributed by atoms with E-state index < -0.39 is 26.6 Å². The maximum absolute atomic E-state index is 13.7. The van der Waals surface area contributed by atoms with E-state index in [2.05, 4.69) is 4.72 Å². The number of hydrogen-bond donors (Lipinski definition) is 2. The average Bonchev–Trinajstić information content (AvgIpc) is 2.44. The highest BCUT2D eigenvalue weighted by Gasteiger charge is 2.32. The molecule has 0 radical (unpaired) electrons. The zero-order valence-corrected chi connectivity index (χ0v) is 14.6. The molecule has 7 heteroatoms. The third-order valence-corrected chi connectivity index (χ3v) is 5.71. The molecule has 0 amide bonds. The lowest BCUT2D eigenvalue weighted by Gasteiger charge is -2.27. The molecule has 0 heterocycles. The normalized spacial score (nSPS) is 15.0. The number of rotatable bonds is 6. The maximum atomic E-state index is 13.7. The van der Waals surface area contributed by atoms with E-state index in [9.17, 15) is 17.9 Å². The molecule has 0 fully saturated rings. The lowest BCUT2D eigenvalue weighted by atomic mass is 9.96. The minimum Gasteiger partial charge on any atom is -0.396 e. The largest absolute Gasteiger partial charge is 0.396 e. The van der Waals surface area contributed by atoms with Crippen LogP contribution in [0.1, 0.15) is 51.3 Å². The summed E-state index contributed by atoms with van der Waals surface area (Å²) in [5.74, 6) is -0.785. The Bertz CT molecular complexity index is 690. The van der Waals surface area contributed by atoms with Crippen molar-refractivity contribution < 1.29 is 17.9 Å². The van der Waals surface area contributed by atoms with Gasteiger partial charge in [0, 0.05) is 12.6 Å². The Hall–Kier alpha value is -1.49. The number of aliphatic hydroxyl groups excluding tert-OH is 1. The number of nitrogens with one attached hydrogen (secondary N) is 1. The van der Waals surface area contributed by atoms with Gasteiger partial charge in [0.15, 0.2) is 0 Å². The molecule has 0 aromatic heterocycles. The highest BCUT2D eigenvalue weighted by Crippen LogP contribution is 2.26. The van der Waals surface area contributed by atoms with Gasteiger partial charge in [-0.3, -0.25) is 0 Å². The van der Waals surface area contributed by atoms with Crippen LogP contribution >= 0.6 is 0 Å². The lowest BCUT2D eigenvalue weighted by molar-refractivity contribution is 0.221. The van der Waals surface area contributed by atoms with Gasteiger partial charge in [-0.2, -0.15) is 5.26 Å². The van der Waals surface area contributed by atoms with E-state index in [1.807, 2.05) is 6.07 Å². The van der Waals surface area contributed by atoms with E-state index >= 15 is 0 Å². The second-order valence-electron chi connectivity index (χ2n) is 6.69. The molecular formula is C16H23FN2O3S. The molecule has 2 unspecified atom stereocenters. The summed E-state index contributed by atoms with van der Waals surface area (Å²) in [7, 11) is -3.67. The first-order valence-corrected chi connectivity index (χ1v) is 8.82. The van der Waals surface area contributed by atoms with Crippen LogP contribution in [0.4, 0.5) is 4.39 Å². The number of aliphatic hydroxyl groups is 1. The van der Waals surface area contributed by atoms with Gasteiger partial charge < -0.3 is 5.11 Å². The molecule has 2 atom stereocenters. The molecule has 5 nitrogen and oxygen atoms in total. The molecule has 23 heavy (non-hydrogen) atoms. The molecule has 0 aliphatic carbocycles. The first-order valence-electron chi connectivity index (χ1n) is 7.33. The van der Waals surface area contributed by atoms with Crippen molar-refractivity contribution in [3.63, 3.8) is 0 Å². The molecule has 0 saturated heterocycles. The highest BCUT2D eigenvalue weighted by molar-refractivity contribution is 7.90. The Morgan fingerprint density at radius 1 is 1.35 bits per heavy atom. The molecule has 0 bridgehead atoms. The number of benzene rings is 1. The van der Waals surface area contributed by atoms with Crippen LogP contribution in [-0.2, 0) is 10.0 Å². The fourth-order valence-corrected chi connectivity index (χ4v) is 2.93. The Morgan fingerprint density at radius 3 is 2.43 bits per heavy atom. The van der Waals surface area contributed by atoms with Crippen molar-refractivity contribution in [3.05, 3.63) is 35.1 Å². The summed E-state index contributed by atoms with van der Waals surface area (Å²) in [6.45, 7) is 6.34. The van der Waals surface area contributed by atoms with Crippen LogP contribution < -0.4 is 4.72 Å². The van der Waals surface area contributed by atoms with Crippen molar-refractivity contribution in [2.75, 3.05) is 6.61 Å². The molecule has 0 saturated carbocycles. The van der Waals surface area contributed by atoms with Gasteiger partial charge in [0.1, 0.15) is 5.82 Å². The number of nitrogens with zero attached hydrogens (tertiary/aromatic N) is 1. The maximum Gasteiger partial charge on any atom is 0.217 e. The Morgan fingerprint density at radius 2 is 1.96 bits per heavy atom. The van der Waals surface area contributed by atoms with E-state index in [1.165, 1.54) is 12.1 Å². The van der Waals surface area contributed by atoms with Crippen LogP contribution in [0.15, 0.2) is 18.2 Å². The second kappa shape index (κ2) is 7.39. The van der Waals surface area contributed by atoms with Gasteiger partial charge in [-0.05, 0) is 56.9 Å². The first kappa shape index (κ1) is 19.6. The summed E-state index contributed by atoms with van der Waals surface area (Å²) in [5, 5.41) is 18.2. The van der Waals surface area contributed by atoms with Gasteiger partial charge in [0.2, 0.25) is 10.0 Å². The number of halogens is 1. The standard InChI is InChI=1S/C16H23FN2O3S/c1-11(10-20)5-15(19-23(21,22)16(2,3)4)13-6-12(9-18)7-14(17)8-13/h6-8,11,15,19-20H,5,10H2,1-4H3. The molecule has 0 spiro atoms. The van der Waals surface area contributed by atoms with Crippen LogP contribution in [0.25, 0.3) is 0 Å². The number of hydrogen-bond acceptors (Lipinski definition) is 4. The molecule has 0 aliphatic rings. The van der Waals surface area contributed by atoms with Gasteiger partial charge in [-0.1, -0.05) is 6.92 Å². The van der Waals surface area contributed by atoms with E-state index in [0.29, 0.717) is 12.0 Å². The summed E-state index contributed by atoms with van der Waals surface area (Å²) >= 11 is 0. The average molecular weight is 342 g/mol. The minimum atomic E-state index is -3.67. The van der Waals surface area contributed by atoms with Gasteiger partial charge in [0.05, 0.1) is 16.4 Å². The van der Waals surface area contributed by atoms with Crippen molar-refractivity contribution in [2.45, 2.75) is 44.9 Å². The SMILES string of the molecule is CC(CO)CC(NS(=O)(=O)C(C)(C)C)c1cc(F)cc(C#N)c1. The van der Waals surface area contributed by atoms with Gasteiger partial charge >= 0.3 is 0 Å². The van der Waals surface area contributed by atoms with Crippen molar-refractivity contribution in [1.29, 1.82) is 5.26 Å². The zero-order chi connectivity index (χ0) is 17.8. The second-order valence-corrected chi connectivity index (χ2v) is 9.16. The minimum absolute atomic E-state index is 0.117. The quantitative estimate of drug-likeness (QED) is 0.831.